The average Bonchev–Trinajstić information content (AvgIpc) is 1.77. The quantitative estimate of drug-likeness (QED) is 0.594. The third-order valence-corrected chi connectivity index (χ3v) is 1.89. The van der Waals surface area contributed by atoms with E-state index >= 15 is 0 Å². The van der Waals surface area contributed by atoms with Gasteiger partial charge in [-0.1, -0.05) is 32.4 Å². The molecule has 1 atom stereocenters. The van der Waals surface area contributed by atoms with E-state index in [1.54, 1.807) is 13.0 Å². The summed E-state index contributed by atoms with van der Waals surface area (Å²) >= 11 is 0. The molecule has 0 spiro atoms. The lowest BCUT2D eigenvalue weighted by Gasteiger charge is -2.12. The first-order valence-corrected chi connectivity index (χ1v) is 4.94. The molecule has 0 bridgehead atoms. The van der Waals surface area contributed by atoms with Gasteiger partial charge in [0.15, 0.2) is 0 Å². The molecule has 0 aliphatic carbocycles. The Morgan fingerprint density at radius 2 is 1.71 bits per heavy atom. The summed E-state index contributed by atoms with van der Waals surface area (Å²) in [4.78, 5) is 0. The van der Waals surface area contributed by atoms with Crippen molar-refractivity contribution in [1.82, 2.24) is 0 Å². The minimum absolute atomic E-state index is 0.234. The topological polar surface area (TPSA) is 0 Å². The second kappa shape index (κ2) is 5.42. The molecule has 84 valence electrons. The molecule has 0 aliphatic heterocycles. The number of alkyl halides is 3. The van der Waals surface area contributed by atoms with Crippen LogP contribution >= 0.6 is 0 Å². The van der Waals surface area contributed by atoms with Crippen molar-refractivity contribution in [1.29, 1.82) is 0 Å². The summed E-state index contributed by atoms with van der Waals surface area (Å²) in [5, 5.41) is 0. The second-order valence-corrected chi connectivity index (χ2v) is 4.41. The van der Waals surface area contributed by atoms with E-state index in [0.717, 1.165) is 6.42 Å². The molecule has 0 aromatic rings. The Hall–Kier alpha value is -0.470. The third kappa shape index (κ3) is 8.14. The molecule has 0 aliphatic rings. The minimum atomic E-state index is -4.07. The Labute approximate surface area is 84.2 Å². The van der Waals surface area contributed by atoms with Crippen molar-refractivity contribution < 1.29 is 13.2 Å². The van der Waals surface area contributed by atoms with E-state index in [1.165, 1.54) is 0 Å². The van der Waals surface area contributed by atoms with Gasteiger partial charge in [0.25, 0.3) is 0 Å². The van der Waals surface area contributed by atoms with Crippen LogP contribution in [0.2, 0.25) is 0 Å². The van der Waals surface area contributed by atoms with Gasteiger partial charge in [0.05, 0.1) is 6.42 Å². The molecule has 0 rings (SSSR count). The van der Waals surface area contributed by atoms with Crippen LogP contribution in [0.15, 0.2) is 11.6 Å². The van der Waals surface area contributed by atoms with Crippen molar-refractivity contribution in [2.45, 2.75) is 46.7 Å². The van der Waals surface area contributed by atoms with Crippen LogP contribution in [-0.2, 0) is 0 Å². The van der Waals surface area contributed by atoms with Crippen molar-refractivity contribution in [3.63, 3.8) is 0 Å². The third-order valence-electron chi connectivity index (χ3n) is 1.89. The Bertz CT molecular complexity index is 189. The van der Waals surface area contributed by atoms with Crippen LogP contribution in [0.5, 0.6) is 0 Å². The number of hydrogen-bond acceptors (Lipinski definition) is 0. The first-order chi connectivity index (χ1) is 6.20. The summed E-state index contributed by atoms with van der Waals surface area (Å²) < 4.78 is 35.9. The maximum Gasteiger partial charge on any atom is 0.392 e. The first kappa shape index (κ1) is 13.5. The van der Waals surface area contributed by atoms with E-state index in [9.17, 15) is 13.2 Å². The lowest BCUT2D eigenvalue weighted by molar-refractivity contribution is -0.127. The van der Waals surface area contributed by atoms with Crippen LogP contribution in [-0.4, -0.2) is 6.18 Å². The molecule has 0 radical (unpaired) electrons. The smallest absolute Gasteiger partial charge is 0.171 e. The Kier molecular flexibility index (Phi) is 5.24. The van der Waals surface area contributed by atoms with E-state index in [4.69, 9.17) is 0 Å². The highest BCUT2D eigenvalue weighted by atomic mass is 19.4. The molecule has 0 saturated carbocycles. The fourth-order valence-corrected chi connectivity index (χ4v) is 1.67. The molecule has 0 aromatic carbocycles. The molecule has 1 unspecified atom stereocenters. The zero-order chi connectivity index (χ0) is 11.4. The van der Waals surface area contributed by atoms with Crippen molar-refractivity contribution in [2.75, 3.05) is 0 Å². The highest BCUT2D eigenvalue weighted by molar-refractivity contribution is 5.02. The van der Waals surface area contributed by atoms with Crippen LogP contribution in [0.1, 0.15) is 40.5 Å². The number of allylic oxidation sites excluding steroid dienone is 2. The summed E-state index contributed by atoms with van der Waals surface area (Å²) in [5.74, 6) is 0.761. The highest BCUT2D eigenvalue weighted by Gasteiger charge is 2.27. The van der Waals surface area contributed by atoms with Gasteiger partial charge in [0.2, 0.25) is 0 Å². The molecule has 0 amide bonds. The van der Waals surface area contributed by atoms with Gasteiger partial charge in [-0.3, -0.25) is 0 Å². The standard InChI is InChI=1S/C11H19F3/c1-8(2)5-9(3)6-10(4)7-11(12,13)14/h6,8-9H,5,7H2,1-4H3/b10-6+. The molecule has 0 N–H and O–H groups in total. The molecule has 3 heteroatoms. The lowest BCUT2D eigenvalue weighted by Crippen LogP contribution is -2.08. The predicted octanol–water partition coefficient (Wildman–Crippen LogP) is 4.57. The Balaban J connectivity index is 4.09. The summed E-state index contributed by atoms with van der Waals surface area (Å²) in [5.41, 5.74) is 0.422. The van der Waals surface area contributed by atoms with Crippen molar-refractivity contribution in [3.8, 4) is 0 Å². The molecular weight excluding hydrogens is 189 g/mol. The molecule has 0 heterocycles. The van der Waals surface area contributed by atoms with E-state index in [2.05, 4.69) is 13.8 Å². The summed E-state index contributed by atoms with van der Waals surface area (Å²) in [6.45, 7) is 7.65. The van der Waals surface area contributed by atoms with E-state index < -0.39 is 12.6 Å². The largest absolute Gasteiger partial charge is 0.392 e. The fourth-order valence-electron chi connectivity index (χ4n) is 1.67. The van der Waals surface area contributed by atoms with Crippen LogP contribution in [0.3, 0.4) is 0 Å². The van der Waals surface area contributed by atoms with Gasteiger partial charge >= 0.3 is 6.18 Å². The van der Waals surface area contributed by atoms with Gasteiger partial charge in [0.1, 0.15) is 0 Å². The normalized spacial score (nSPS) is 16.1. The SMILES string of the molecule is C/C(=C\C(C)CC(C)C)CC(F)(F)F. The molecule has 0 nitrogen and oxygen atoms in total. The van der Waals surface area contributed by atoms with Crippen LogP contribution in [0.25, 0.3) is 0 Å². The van der Waals surface area contributed by atoms with Gasteiger partial charge in [-0.25, -0.2) is 0 Å². The van der Waals surface area contributed by atoms with Crippen molar-refractivity contribution in [2.24, 2.45) is 11.8 Å². The van der Waals surface area contributed by atoms with Crippen LogP contribution in [0.4, 0.5) is 13.2 Å². The van der Waals surface area contributed by atoms with E-state index in [0.29, 0.717) is 11.5 Å². The Morgan fingerprint density at radius 3 is 2.07 bits per heavy atom. The van der Waals surface area contributed by atoms with E-state index in [-0.39, 0.29) is 5.92 Å². The average molecular weight is 208 g/mol. The summed E-state index contributed by atoms with van der Waals surface area (Å²) in [6.07, 6.45) is -2.18. The van der Waals surface area contributed by atoms with Gasteiger partial charge < -0.3 is 0 Å². The minimum Gasteiger partial charge on any atom is -0.171 e. The molecular formula is C11H19F3. The van der Waals surface area contributed by atoms with Crippen LogP contribution in [0, 0.1) is 11.8 Å². The van der Waals surface area contributed by atoms with E-state index in [1.807, 2.05) is 6.92 Å². The number of hydrogen-bond donors (Lipinski definition) is 0. The van der Waals surface area contributed by atoms with Crippen LogP contribution < -0.4 is 0 Å². The van der Waals surface area contributed by atoms with Gasteiger partial charge in [-0.2, -0.15) is 13.2 Å². The van der Waals surface area contributed by atoms with Gasteiger partial charge in [0, 0.05) is 0 Å². The fraction of sp³-hybridized carbons (Fsp3) is 0.818. The lowest BCUT2D eigenvalue weighted by atomic mass is 9.96. The maximum atomic E-state index is 12.0. The second-order valence-electron chi connectivity index (χ2n) is 4.41. The first-order valence-electron chi connectivity index (χ1n) is 4.94. The molecule has 14 heavy (non-hydrogen) atoms. The van der Waals surface area contributed by atoms with Crippen molar-refractivity contribution >= 4 is 0 Å². The summed E-state index contributed by atoms with van der Waals surface area (Å²) in [7, 11) is 0. The monoisotopic (exact) mass is 208 g/mol. The van der Waals surface area contributed by atoms with Gasteiger partial charge in [-0.05, 0) is 25.2 Å². The highest BCUT2D eigenvalue weighted by Crippen LogP contribution is 2.25. The number of rotatable bonds is 4. The molecule has 0 saturated heterocycles. The van der Waals surface area contributed by atoms with Gasteiger partial charge in [-0.15, -0.1) is 0 Å². The summed E-state index contributed by atoms with van der Waals surface area (Å²) in [6, 6.07) is 0. The van der Waals surface area contributed by atoms with Crippen molar-refractivity contribution in [3.05, 3.63) is 11.6 Å². The Morgan fingerprint density at radius 1 is 1.21 bits per heavy atom. The molecule has 0 fully saturated rings. The predicted molar refractivity (Wildman–Crippen MR) is 53.0 cm³/mol. The zero-order valence-electron chi connectivity index (χ0n) is 9.28. The molecule has 0 aromatic heterocycles. The maximum absolute atomic E-state index is 12.0. The number of halogens is 3. The zero-order valence-corrected chi connectivity index (χ0v) is 9.28.